The Morgan fingerprint density at radius 1 is 1.44 bits per heavy atom. The predicted molar refractivity (Wildman–Crippen MR) is 75.5 cm³/mol. The van der Waals surface area contributed by atoms with E-state index in [1.165, 1.54) is 0 Å². The summed E-state index contributed by atoms with van der Waals surface area (Å²) in [4.78, 5) is 11.8. The second kappa shape index (κ2) is 7.78. The van der Waals surface area contributed by atoms with Crippen LogP contribution in [-0.4, -0.2) is 23.5 Å². The second-order valence-electron chi connectivity index (χ2n) is 4.11. The number of rotatable bonds is 6. The van der Waals surface area contributed by atoms with Gasteiger partial charge >= 0.3 is 0 Å². The molecule has 0 saturated heterocycles. The molecular formula is C14H18N2OS. The first-order chi connectivity index (χ1) is 8.65. The molecule has 0 aliphatic carbocycles. The fraction of sp³-hybridized carbons (Fsp3) is 0.429. The van der Waals surface area contributed by atoms with E-state index in [9.17, 15) is 4.79 Å². The fourth-order valence-electron chi connectivity index (χ4n) is 1.54. The largest absolute Gasteiger partial charge is 0.353 e. The molecule has 1 atom stereocenters. The molecule has 0 aliphatic heterocycles. The number of nitrogens with one attached hydrogen (secondary N) is 1. The van der Waals surface area contributed by atoms with Crippen molar-refractivity contribution in [1.82, 2.24) is 5.32 Å². The molecule has 0 saturated carbocycles. The number of carbonyl (C=O) groups excluding carboxylic acids is 1. The topological polar surface area (TPSA) is 52.9 Å². The first kappa shape index (κ1) is 14.6. The lowest BCUT2D eigenvalue weighted by Crippen LogP contribution is -2.35. The predicted octanol–water partition coefficient (Wildman–Crippen LogP) is 2.36. The lowest BCUT2D eigenvalue weighted by atomic mass is 10.1. The summed E-state index contributed by atoms with van der Waals surface area (Å²) in [6.07, 6.45) is 0.368. The first-order valence-corrected chi connectivity index (χ1v) is 7.17. The molecule has 0 aromatic heterocycles. The van der Waals surface area contributed by atoms with Crippen LogP contribution in [0.3, 0.4) is 0 Å². The van der Waals surface area contributed by atoms with E-state index < -0.39 is 0 Å². The molecule has 0 heterocycles. The molecule has 0 aliphatic rings. The van der Waals surface area contributed by atoms with E-state index in [2.05, 4.69) is 18.3 Å². The average Bonchev–Trinajstić information content (AvgIpc) is 2.37. The zero-order valence-electron chi connectivity index (χ0n) is 10.8. The van der Waals surface area contributed by atoms with Gasteiger partial charge in [-0.25, -0.2) is 0 Å². The third kappa shape index (κ3) is 5.24. The van der Waals surface area contributed by atoms with Gasteiger partial charge in [0.2, 0.25) is 5.91 Å². The Morgan fingerprint density at radius 2 is 2.11 bits per heavy atom. The van der Waals surface area contributed by atoms with Gasteiger partial charge in [-0.05, 0) is 30.4 Å². The molecule has 1 amide bonds. The minimum atomic E-state index is 0.0314. The second-order valence-corrected chi connectivity index (χ2v) is 5.43. The van der Waals surface area contributed by atoms with Crippen molar-refractivity contribution in [1.29, 1.82) is 5.26 Å². The van der Waals surface area contributed by atoms with Crippen LogP contribution in [-0.2, 0) is 11.2 Å². The Kier molecular flexibility index (Phi) is 6.31. The molecule has 1 unspecified atom stereocenters. The molecule has 1 aromatic carbocycles. The van der Waals surface area contributed by atoms with Crippen molar-refractivity contribution >= 4 is 17.7 Å². The quantitative estimate of drug-likeness (QED) is 0.856. The van der Waals surface area contributed by atoms with Crippen LogP contribution in [0.1, 0.15) is 25.0 Å². The Labute approximate surface area is 113 Å². The van der Waals surface area contributed by atoms with Gasteiger partial charge in [-0.1, -0.05) is 19.1 Å². The van der Waals surface area contributed by atoms with Crippen LogP contribution in [0, 0.1) is 11.3 Å². The molecular weight excluding hydrogens is 244 g/mol. The lowest BCUT2D eigenvalue weighted by molar-refractivity contribution is -0.120. The van der Waals surface area contributed by atoms with Crippen LogP contribution in [0.15, 0.2) is 24.3 Å². The Balaban J connectivity index is 2.41. The first-order valence-electron chi connectivity index (χ1n) is 6.01. The van der Waals surface area contributed by atoms with Crippen LogP contribution in [0.5, 0.6) is 0 Å². The van der Waals surface area contributed by atoms with Crippen molar-refractivity contribution in [2.45, 2.75) is 26.3 Å². The zero-order valence-corrected chi connectivity index (χ0v) is 11.6. The van der Waals surface area contributed by atoms with Gasteiger partial charge in [0.1, 0.15) is 0 Å². The highest BCUT2D eigenvalue weighted by atomic mass is 32.2. The average molecular weight is 262 g/mol. The normalized spacial score (nSPS) is 11.6. The zero-order chi connectivity index (χ0) is 13.4. The van der Waals surface area contributed by atoms with Crippen molar-refractivity contribution in [3.63, 3.8) is 0 Å². The van der Waals surface area contributed by atoms with Gasteiger partial charge in [-0.3, -0.25) is 4.79 Å². The molecule has 0 spiro atoms. The number of amides is 1. The molecule has 0 radical (unpaired) electrons. The van der Waals surface area contributed by atoms with Gasteiger partial charge in [-0.15, -0.1) is 0 Å². The Hall–Kier alpha value is -1.47. The summed E-state index contributed by atoms with van der Waals surface area (Å²) in [7, 11) is 0. The number of hydrogen-bond donors (Lipinski definition) is 1. The SMILES string of the molecule is CCSCC(C)NC(=O)Cc1ccc(C#N)cc1. The number of carbonyl (C=O) groups is 1. The summed E-state index contributed by atoms with van der Waals surface area (Å²) in [5.41, 5.74) is 1.55. The van der Waals surface area contributed by atoms with E-state index in [0.717, 1.165) is 17.1 Å². The van der Waals surface area contributed by atoms with Crippen LogP contribution in [0.25, 0.3) is 0 Å². The van der Waals surface area contributed by atoms with Crippen molar-refractivity contribution in [3.8, 4) is 6.07 Å². The van der Waals surface area contributed by atoms with Gasteiger partial charge in [-0.2, -0.15) is 17.0 Å². The molecule has 1 rings (SSSR count). The maximum atomic E-state index is 11.8. The monoisotopic (exact) mass is 262 g/mol. The third-order valence-corrected chi connectivity index (χ3v) is 3.57. The number of nitriles is 1. The van der Waals surface area contributed by atoms with Crippen molar-refractivity contribution in [2.75, 3.05) is 11.5 Å². The van der Waals surface area contributed by atoms with E-state index in [-0.39, 0.29) is 11.9 Å². The highest BCUT2D eigenvalue weighted by Crippen LogP contribution is 2.05. The number of nitrogens with zero attached hydrogens (tertiary/aromatic N) is 1. The fourth-order valence-corrected chi connectivity index (χ4v) is 2.22. The van der Waals surface area contributed by atoms with Gasteiger partial charge in [0.25, 0.3) is 0 Å². The number of hydrogen-bond acceptors (Lipinski definition) is 3. The molecule has 18 heavy (non-hydrogen) atoms. The minimum absolute atomic E-state index is 0.0314. The van der Waals surface area contributed by atoms with Crippen molar-refractivity contribution in [3.05, 3.63) is 35.4 Å². The van der Waals surface area contributed by atoms with Crippen LogP contribution >= 0.6 is 11.8 Å². The molecule has 4 heteroatoms. The maximum Gasteiger partial charge on any atom is 0.224 e. The lowest BCUT2D eigenvalue weighted by Gasteiger charge is -2.13. The van der Waals surface area contributed by atoms with Gasteiger partial charge in [0, 0.05) is 11.8 Å². The Morgan fingerprint density at radius 3 is 2.67 bits per heavy atom. The summed E-state index contributed by atoms with van der Waals surface area (Å²) in [5.74, 6) is 2.04. The molecule has 0 bridgehead atoms. The Bertz CT molecular complexity index is 422. The number of benzene rings is 1. The van der Waals surface area contributed by atoms with Crippen molar-refractivity contribution in [2.24, 2.45) is 0 Å². The highest BCUT2D eigenvalue weighted by molar-refractivity contribution is 7.99. The van der Waals surface area contributed by atoms with Gasteiger partial charge < -0.3 is 5.32 Å². The van der Waals surface area contributed by atoms with Crippen LogP contribution in [0.2, 0.25) is 0 Å². The summed E-state index contributed by atoms with van der Waals surface area (Å²) < 4.78 is 0. The minimum Gasteiger partial charge on any atom is -0.353 e. The molecule has 3 nitrogen and oxygen atoms in total. The standard InChI is InChI=1S/C14H18N2OS/c1-3-18-10-11(2)16-14(17)8-12-4-6-13(9-15)7-5-12/h4-7,11H,3,8,10H2,1-2H3,(H,16,17). The summed E-state index contributed by atoms with van der Waals surface area (Å²) in [6.45, 7) is 4.12. The van der Waals surface area contributed by atoms with E-state index in [1.807, 2.05) is 30.8 Å². The molecule has 96 valence electrons. The van der Waals surface area contributed by atoms with E-state index >= 15 is 0 Å². The maximum absolute atomic E-state index is 11.8. The molecule has 1 N–H and O–H groups in total. The third-order valence-electron chi connectivity index (χ3n) is 2.43. The van der Waals surface area contributed by atoms with E-state index in [0.29, 0.717) is 12.0 Å². The van der Waals surface area contributed by atoms with Gasteiger partial charge in [0.15, 0.2) is 0 Å². The van der Waals surface area contributed by atoms with E-state index in [4.69, 9.17) is 5.26 Å². The highest BCUT2D eigenvalue weighted by Gasteiger charge is 2.07. The summed E-state index contributed by atoms with van der Waals surface area (Å²) in [6, 6.07) is 9.37. The molecule has 0 fully saturated rings. The number of thioether (sulfide) groups is 1. The molecule has 1 aromatic rings. The van der Waals surface area contributed by atoms with Crippen LogP contribution in [0.4, 0.5) is 0 Å². The van der Waals surface area contributed by atoms with Crippen molar-refractivity contribution < 1.29 is 4.79 Å². The van der Waals surface area contributed by atoms with Gasteiger partial charge in [0.05, 0.1) is 18.1 Å². The van der Waals surface area contributed by atoms with E-state index in [1.54, 1.807) is 12.1 Å². The van der Waals surface area contributed by atoms with Crippen LogP contribution < -0.4 is 5.32 Å². The summed E-state index contributed by atoms with van der Waals surface area (Å²) >= 11 is 1.82. The summed E-state index contributed by atoms with van der Waals surface area (Å²) in [5, 5.41) is 11.6. The smallest absolute Gasteiger partial charge is 0.224 e.